The molecule has 1 fully saturated rings. The molecule has 0 bridgehead atoms. The van der Waals surface area contributed by atoms with Crippen LogP contribution in [0.1, 0.15) is 37.2 Å². The smallest absolute Gasteiger partial charge is 0.271 e. The van der Waals surface area contributed by atoms with E-state index in [1.807, 2.05) is 13.0 Å². The quantitative estimate of drug-likeness (QED) is 0.820. The van der Waals surface area contributed by atoms with Crippen molar-refractivity contribution in [2.45, 2.75) is 26.7 Å². The predicted molar refractivity (Wildman–Crippen MR) is 83.5 cm³/mol. The van der Waals surface area contributed by atoms with Gasteiger partial charge in [-0.3, -0.25) is 4.79 Å². The van der Waals surface area contributed by atoms with E-state index in [2.05, 4.69) is 32.7 Å². The van der Waals surface area contributed by atoms with Crippen molar-refractivity contribution >= 4 is 11.7 Å². The summed E-state index contributed by atoms with van der Waals surface area (Å²) >= 11 is 0. The molecule has 2 rings (SSSR count). The van der Waals surface area contributed by atoms with Crippen LogP contribution in [0.25, 0.3) is 0 Å². The predicted octanol–water partition coefficient (Wildman–Crippen LogP) is 1.05. The largest absolute Gasteiger partial charge is 0.355 e. The number of rotatable bonds is 6. The summed E-state index contributed by atoms with van der Waals surface area (Å²) in [6.07, 6.45) is 2.50. The highest BCUT2D eigenvalue weighted by atomic mass is 16.1. The van der Waals surface area contributed by atoms with Crippen molar-refractivity contribution in [2.24, 2.45) is 5.92 Å². The Morgan fingerprint density at radius 1 is 1.43 bits per heavy atom. The van der Waals surface area contributed by atoms with Crippen LogP contribution in [-0.2, 0) is 0 Å². The highest BCUT2D eigenvalue weighted by Gasteiger charge is 2.18. The fourth-order valence-corrected chi connectivity index (χ4v) is 2.64. The van der Waals surface area contributed by atoms with Gasteiger partial charge in [0.1, 0.15) is 0 Å². The van der Waals surface area contributed by atoms with Gasteiger partial charge < -0.3 is 15.5 Å². The SMILES string of the molecule is CCNC(=O)c1ccc(N(CC)CC2CCCNC2)nn1. The molecule has 2 N–H and O–H groups in total. The molecule has 0 saturated carbocycles. The van der Waals surface area contributed by atoms with Gasteiger partial charge in [-0.2, -0.15) is 0 Å². The summed E-state index contributed by atoms with van der Waals surface area (Å²) < 4.78 is 0. The minimum Gasteiger partial charge on any atom is -0.355 e. The molecule has 1 amide bonds. The van der Waals surface area contributed by atoms with E-state index in [1.165, 1.54) is 12.8 Å². The van der Waals surface area contributed by atoms with Gasteiger partial charge in [0, 0.05) is 19.6 Å². The zero-order valence-electron chi connectivity index (χ0n) is 12.9. The van der Waals surface area contributed by atoms with Crippen molar-refractivity contribution < 1.29 is 4.79 Å². The lowest BCUT2D eigenvalue weighted by Crippen LogP contribution is -2.38. The molecule has 1 aromatic rings. The molecule has 1 saturated heterocycles. The molecule has 2 heterocycles. The van der Waals surface area contributed by atoms with Crippen molar-refractivity contribution in [3.05, 3.63) is 17.8 Å². The molecule has 1 aliphatic heterocycles. The second-order valence-electron chi connectivity index (χ2n) is 5.39. The summed E-state index contributed by atoms with van der Waals surface area (Å²) in [5.74, 6) is 1.33. The maximum absolute atomic E-state index is 11.7. The van der Waals surface area contributed by atoms with Crippen LogP contribution in [0.15, 0.2) is 12.1 Å². The van der Waals surface area contributed by atoms with Crippen LogP contribution >= 0.6 is 0 Å². The van der Waals surface area contributed by atoms with Gasteiger partial charge in [0.15, 0.2) is 11.5 Å². The van der Waals surface area contributed by atoms with Gasteiger partial charge in [-0.25, -0.2) is 0 Å². The van der Waals surface area contributed by atoms with Gasteiger partial charge in [0.25, 0.3) is 5.91 Å². The average molecular weight is 291 g/mol. The molecule has 1 aliphatic rings. The summed E-state index contributed by atoms with van der Waals surface area (Å²) in [4.78, 5) is 13.9. The van der Waals surface area contributed by atoms with Crippen molar-refractivity contribution in [2.75, 3.05) is 37.6 Å². The maximum atomic E-state index is 11.7. The van der Waals surface area contributed by atoms with E-state index in [1.54, 1.807) is 6.07 Å². The minimum atomic E-state index is -0.170. The molecule has 0 radical (unpaired) electrons. The first-order valence-electron chi connectivity index (χ1n) is 7.82. The van der Waals surface area contributed by atoms with E-state index in [9.17, 15) is 4.79 Å². The van der Waals surface area contributed by atoms with Crippen molar-refractivity contribution in [3.8, 4) is 0 Å². The van der Waals surface area contributed by atoms with Crippen molar-refractivity contribution in [1.82, 2.24) is 20.8 Å². The van der Waals surface area contributed by atoms with Gasteiger partial charge >= 0.3 is 0 Å². The number of carbonyl (C=O) groups is 1. The Labute approximate surface area is 126 Å². The Balaban J connectivity index is 1.99. The second-order valence-corrected chi connectivity index (χ2v) is 5.39. The molecular weight excluding hydrogens is 266 g/mol. The van der Waals surface area contributed by atoms with E-state index in [0.717, 1.165) is 32.0 Å². The topological polar surface area (TPSA) is 70.2 Å². The number of amides is 1. The van der Waals surface area contributed by atoms with Gasteiger partial charge in [0.2, 0.25) is 0 Å². The van der Waals surface area contributed by atoms with E-state index < -0.39 is 0 Å². The number of piperidine rings is 1. The number of anilines is 1. The summed E-state index contributed by atoms with van der Waals surface area (Å²) in [5.41, 5.74) is 0.371. The Morgan fingerprint density at radius 2 is 2.29 bits per heavy atom. The monoisotopic (exact) mass is 291 g/mol. The van der Waals surface area contributed by atoms with Crippen molar-refractivity contribution in [3.63, 3.8) is 0 Å². The molecule has 0 aromatic carbocycles. The van der Waals surface area contributed by atoms with Crippen LogP contribution in [0.5, 0.6) is 0 Å². The van der Waals surface area contributed by atoms with Crippen LogP contribution < -0.4 is 15.5 Å². The van der Waals surface area contributed by atoms with E-state index >= 15 is 0 Å². The molecule has 6 heteroatoms. The third-order valence-electron chi connectivity index (χ3n) is 3.80. The normalized spacial score (nSPS) is 18.3. The molecule has 0 aliphatic carbocycles. The number of nitrogens with one attached hydrogen (secondary N) is 2. The summed E-state index contributed by atoms with van der Waals surface area (Å²) in [5, 5.41) is 14.4. The van der Waals surface area contributed by atoms with E-state index in [0.29, 0.717) is 18.2 Å². The summed E-state index contributed by atoms with van der Waals surface area (Å²) in [6.45, 7) is 8.68. The van der Waals surface area contributed by atoms with E-state index in [-0.39, 0.29) is 5.91 Å². The molecule has 21 heavy (non-hydrogen) atoms. The van der Waals surface area contributed by atoms with Crippen LogP contribution in [-0.4, -0.2) is 48.8 Å². The molecule has 1 aromatic heterocycles. The Kier molecular flexibility index (Phi) is 5.92. The standard InChI is InChI=1S/C15H25N5O/c1-3-17-15(21)13-7-8-14(19-18-13)20(4-2)11-12-6-5-9-16-10-12/h7-8,12,16H,3-6,9-11H2,1-2H3,(H,17,21). The highest BCUT2D eigenvalue weighted by Crippen LogP contribution is 2.16. The molecule has 1 atom stereocenters. The Bertz CT molecular complexity index is 442. The molecular formula is C15H25N5O. The molecule has 0 spiro atoms. The summed E-state index contributed by atoms with van der Waals surface area (Å²) in [6, 6.07) is 3.63. The van der Waals surface area contributed by atoms with Gasteiger partial charge in [-0.05, 0) is 57.8 Å². The fourth-order valence-electron chi connectivity index (χ4n) is 2.64. The lowest BCUT2D eigenvalue weighted by molar-refractivity contribution is 0.0950. The Hall–Kier alpha value is -1.69. The van der Waals surface area contributed by atoms with Crippen molar-refractivity contribution in [1.29, 1.82) is 0 Å². The van der Waals surface area contributed by atoms with E-state index in [4.69, 9.17) is 0 Å². The number of aromatic nitrogens is 2. The highest BCUT2D eigenvalue weighted by molar-refractivity contribution is 5.92. The zero-order valence-corrected chi connectivity index (χ0v) is 12.9. The van der Waals surface area contributed by atoms with Crippen LogP contribution in [0.4, 0.5) is 5.82 Å². The third-order valence-corrected chi connectivity index (χ3v) is 3.80. The van der Waals surface area contributed by atoms with Crippen LogP contribution in [0.2, 0.25) is 0 Å². The molecule has 1 unspecified atom stereocenters. The maximum Gasteiger partial charge on any atom is 0.271 e. The number of hydrogen-bond acceptors (Lipinski definition) is 5. The number of carbonyl (C=O) groups excluding carboxylic acids is 1. The molecule has 6 nitrogen and oxygen atoms in total. The van der Waals surface area contributed by atoms with Crippen LogP contribution in [0, 0.1) is 5.92 Å². The van der Waals surface area contributed by atoms with Gasteiger partial charge in [-0.1, -0.05) is 0 Å². The first-order chi connectivity index (χ1) is 10.2. The lowest BCUT2D eigenvalue weighted by Gasteiger charge is -2.29. The van der Waals surface area contributed by atoms with Gasteiger partial charge in [-0.15, -0.1) is 10.2 Å². The number of nitrogens with zero attached hydrogens (tertiary/aromatic N) is 3. The Morgan fingerprint density at radius 3 is 2.86 bits per heavy atom. The first-order valence-corrected chi connectivity index (χ1v) is 7.82. The fraction of sp³-hybridized carbons (Fsp3) is 0.667. The zero-order chi connectivity index (χ0) is 15.1. The first kappa shape index (κ1) is 15.7. The summed E-state index contributed by atoms with van der Waals surface area (Å²) in [7, 11) is 0. The third kappa shape index (κ3) is 4.39. The average Bonchev–Trinajstić information content (AvgIpc) is 2.54. The van der Waals surface area contributed by atoms with Gasteiger partial charge in [0.05, 0.1) is 0 Å². The van der Waals surface area contributed by atoms with Crippen LogP contribution in [0.3, 0.4) is 0 Å². The minimum absolute atomic E-state index is 0.170. The number of hydrogen-bond donors (Lipinski definition) is 2. The lowest BCUT2D eigenvalue weighted by atomic mass is 9.99. The second kappa shape index (κ2) is 7.93. The molecule has 116 valence electrons.